The maximum Gasteiger partial charge on any atom is 0.149 e. The Morgan fingerprint density at radius 3 is 2.48 bits per heavy atom. The van der Waals surface area contributed by atoms with E-state index in [0.29, 0.717) is 0 Å². The van der Waals surface area contributed by atoms with Crippen molar-refractivity contribution in [1.29, 1.82) is 0 Å². The van der Waals surface area contributed by atoms with Crippen molar-refractivity contribution in [2.24, 2.45) is 0 Å². The molecule has 5 nitrogen and oxygen atoms in total. The summed E-state index contributed by atoms with van der Waals surface area (Å²) in [7, 11) is 1.67. The standard InChI is InChI=1S/C16H22N4O/c1-13(19-10-4-3-5-11-19)16-17-12-18-20(16)14-6-8-15(21-2)9-7-14/h6-9,12-13H,3-5,10-11H2,1-2H3/t13-/m1/s1. The Labute approximate surface area is 125 Å². The average Bonchev–Trinajstić information content (AvgIpc) is 3.04. The van der Waals surface area contributed by atoms with Crippen LogP contribution >= 0.6 is 0 Å². The highest BCUT2D eigenvalue weighted by atomic mass is 16.5. The Bertz CT molecular complexity index is 572. The highest BCUT2D eigenvalue weighted by molar-refractivity contribution is 5.37. The molecule has 2 heterocycles. The van der Waals surface area contributed by atoms with Crippen molar-refractivity contribution < 1.29 is 4.74 Å². The van der Waals surface area contributed by atoms with Gasteiger partial charge in [-0.1, -0.05) is 6.42 Å². The molecular formula is C16H22N4O. The van der Waals surface area contributed by atoms with Crippen LogP contribution in [0.25, 0.3) is 5.69 Å². The summed E-state index contributed by atoms with van der Waals surface area (Å²) in [5.74, 6) is 1.85. The van der Waals surface area contributed by atoms with E-state index in [0.717, 1.165) is 30.4 Å². The number of likely N-dealkylation sites (tertiary alicyclic amines) is 1. The van der Waals surface area contributed by atoms with E-state index in [1.54, 1.807) is 13.4 Å². The summed E-state index contributed by atoms with van der Waals surface area (Å²) < 4.78 is 7.14. The van der Waals surface area contributed by atoms with Crippen LogP contribution in [0.2, 0.25) is 0 Å². The van der Waals surface area contributed by atoms with Crippen LogP contribution in [0, 0.1) is 0 Å². The molecule has 5 heteroatoms. The fourth-order valence-electron chi connectivity index (χ4n) is 2.93. The van der Waals surface area contributed by atoms with Crippen molar-refractivity contribution >= 4 is 0 Å². The van der Waals surface area contributed by atoms with Crippen LogP contribution in [-0.2, 0) is 0 Å². The van der Waals surface area contributed by atoms with Gasteiger partial charge in [0.15, 0.2) is 0 Å². The Kier molecular flexibility index (Phi) is 4.20. The summed E-state index contributed by atoms with van der Waals surface area (Å²) in [4.78, 5) is 6.98. The number of benzene rings is 1. The second-order valence-corrected chi connectivity index (χ2v) is 5.50. The minimum Gasteiger partial charge on any atom is -0.497 e. The van der Waals surface area contributed by atoms with Crippen LogP contribution in [0.15, 0.2) is 30.6 Å². The molecular weight excluding hydrogens is 264 g/mol. The molecule has 1 aliphatic heterocycles. The topological polar surface area (TPSA) is 43.2 Å². The highest BCUT2D eigenvalue weighted by Crippen LogP contribution is 2.24. The van der Waals surface area contributed by atoms with Gasteiger partial charge in [0, 0.05) is 0 Å². The molecule has 0 amide bonds. The molecule has 0 aliphatic carbocycles. The molecule has 1 fully saturated rings. The predicted molar refractivity (Wildman–Crippen MR) is 81.8 cm³/mol. The quantitative estimate of drug-likeness (QED) is 0.867. The molecule has 2 aromatic rings. The van der Waals surface area contributed by atoms with Gasteiger partial charge in [-0.05, 0) is 57.1 Å². The number of rotatable bonds is 4. The van der Waals surface area contributed by atoms with Gasteiger partial charge in [0.1, 0.15) is 17.9 Å². The summed E-state index contributed by atoms with van der Waals surface area (Å²) in [5, 5.41) is 4.40. The van der Waals surface area contributed by atoms with Gasteiger partial charge in [0.05, 0.1) is 18.8 Å². The first-order valence-electron chi connectivity index (χ1n) is 7.58. The normalized spacial score (nSPS) is 17.6. The Balaban J connectivity index is 1.85. The molecule has 1 saturated heterocycles. The number of methoxy groups -OCH3 is 1. The number of aromatic nitrogens is 3. The number of hydrogen-bond donors (Lipinski definition) is 0. The molecule has 3 rings (SSSR count). The van der Waals surface area contributed by atoms with Crippen LogP contribution in [0.4, 0.5) is 0 Å². The zero-order valence-corrected chi connectivity index (χ0v) is 12.7. The van der Waals surface area contributed by atoms with E-state index >= 15 is 0 Å². The molecule has 1 aliphatic rings. The number of hydrogen-bond acceptors (Lipinski definition) is 4. The van der Waals surface area contributed by atoms with Gasteiger partial charge in [-0.3, -0.25) is 4.90 Å². The Morgan fingerprint density at radius 1 is 1.10 bits per heavy atom. The van der Waals surface area contributed by atoms with E-state index in [2.05, 4.69) is 21.9 Å². The van der Waals surface area contributed by atoms with Crippen LogP contribution < -0.4 is 4.74 Å². The van der Waals surface area contributed by atoms with Crippen LogP contribution in [0.3, 0.4) is 0 Å². The monoisotopic (exact) mass is 286 g/mol. The van der Waals surface area contributed by atoms with E-state index in [-0.39, 0.29) is 6.04 Å². The lowest BCUT2D eigenvalue weighted by Gasteiger charge is -2.31. The lowest BCUT2D eigenvalue weighted by atomic mass is 10.1. The van der Waals surface area contributed by atoms with E-state index < -0.39 is 0 Å². The molecule has 0 N–H and O–H groups in total. The van der Waals surface area contributed by atoms with Gasteiger partial charge in [0.2, 0.25) is 0 Å². The minimum atomic E-state index is 0.287. The lowest BCUT2D eigenvalue weighted by Crippen LogP contribution is -2.33. The molecule has 0 radical (unpaired) electrons. The van der Waals surface area contributed by atoms with Crippen molar-refractivity contribution in [1.82, 2.24) is 19.7 Å². The molecule has 0 spiro atoms. The SMILES string of the molecule is COc1ccc(-n2ncnc2[C@@H](C)N2CCCCC2)cc1. The third-order valence-electron chi connectivity index (χ3n) is 4.20. The van der Waals surface area contributed by atoms with Gasteiger partial charge in [-0.2, -0.15) is 5.10 Å². The maximum atomic E-state index is 5.21. The van der Waals surface area contributed by atoms with Gasteiger partial charge in [-0.15, -0.1) is 0 Å². The minimum absolute atomic E-state index is 0.287. The third kappa shape index (κ3) is 2.93. The highest BCUT2D eigenvalue weighted by Gasteiger charge is 2.22. The van der Waals surface area contributed by atoms with Gasteiger partial charge < -0.3 is 4.74 Å². The average molecular weight is 286 g/mol. The van der Waals surface area contributed by atoms with E-state index in [1.165, 1.54) is 19.3 Å². The number of ether oxygens (including phenoxy) is 1. The van der Waals surface area contributed by atoms with Crippen LogP contribution in [0.5, 0.6) is 5.75 Å². The molecule has 1 atom stereocenters. The van der Waals surface area contributed by atoms with Crippen LogP contribution in [0.1, 0.15) is 38.1 Å². The molecule has 1 aromatic carbocycles. The first kappa shape index (κ1) is 14.1. The Morgan fingerprint density at radius 2 is 1.81 bits per heavy atom. The summed E-state index contributed by atoms with van der Waals surface area (Å²) in [6.45, 7) is 4.52. The van der Waals surface area contributed by atoms with Crippen molar-refractivity contribution in [3.8, 4) is 11.4 Å². The predicted octanol–water partition coefficient (Wildman–Crippen LogP) is 2.82. The number of piperidine rings is 1. The molecule has 0 bridgehead atoms. The smallest absolute Gasteiger partial charge is 0.149 e. The molecule has 112 valence electrons. The fourth-order valence-corrected chi connectivity index (χ4v) is 2.93. The van der Waals surface area contributed by atoms with Crippen molar-refractivity contribution in [3.05, 3.63) is 36.4 Å². The van der Waals surface area contributed by atoms with Gasteiger partial charge in [0.25, 0.3) is 0 Å². The Hall–Kier alpha value is -1.88. The largest absolute Gasteiger partial charge is 0.497 e. The molecule has 21 heavy (non-hydrogen) atoms. The second kappa shape index (κ2) is 6.26. The molecule has 1 aromatic heterocycles. The van der Waals surface area contributed by atoms with E-state index in [4.69, 9.17) is 4.74 Å². The number of nitrogens with zero attached hydrogens (tertiary/aromatic N) is 4. The fraction of sp³-hybridized carbons (Fsp3) is 0.500. The molecule has 0 unspecified atom stereocenters. The zero-order chi connectivity index (χ0) is 14.7. The van der Waals surface area contributed by atoms with Gasteiger partial charge in [-0.25, -0.2) is 9.67 Å². The van der Waals surface area contributed by atoms with Crippen molar-refractivity contribution in [3.63, 3.8) is 0 Å². The molecule has 0 saturated carbocycles. The summed E-state index contributed by atoms with van der Waals surface area (Å²) in [6.07, 6.45) is 5.54. The lowest BCUT2D eigenvalue weighted by molar-refractivity contribution is 0.167. The van der Waals surface area contributed by atoms with Crippen molar-refractivity contribution in [2.45, 2.75) is 32.2 Å². The van der Waals surface area contributed by atoms with Crippen molar-refractivity contribution in [2.75, 3.05) is 20.2 Å². The van der Waals surface area contributed by atoms with Gasteiger partial charge >= 0.3 is 0 Å². The first-order chi connectivity index (χ1) is 10.3. The van der Waals surface area contributed by atoms with E-state index in [9.17, 15) is 0 Å². The summed E-state index contributed by atoms with van der Waals surface area (Å²) in [5.41, 5.74) is 1.02. The first-order valence-corrected chi connectivity index (χ1v) is 7.58. The summed E-state index contributed by atoms with van der Waals surface area (Å²) in [6, 6.07) is 8.22. The van der Waals surface area contributed by atoms with E-state index in [1.807, 2.05) is 28.9 Å². The third-order valence-corrected chi connectivity index (χ3v) is 4.20. The van der Waals surface area contributed by atoms with Crippen LogP contribution in [-0.4, -0.2) is 39.9 Å². The zero-order valence-electron chi connectivity index (χ0n) is 12.7. The second-order valence-electron chi connectivity index (χ2n) is 5.50. The summed E-state index contributed by atoms with van der Waals surface area (Å²) >= 11 is 0. The maximum absolute atomic E-state index is 5.21.